The summed E-state index contributed by atoms with van der Waals surface area (Å²) in [6, 6.07) is 10.1. The molecule has 134 valence electrons. The van der Waals surface area contributed by atoms with E-state index in [2.05, 4.69) is 0 Å². The molecule has 0 bridgehead atoms. The normalized spacial score (nSPS) is 11.5. The third kappa shape index (κ3) is 5.15. The molecule has 2 aromatic rings. The summed E-state index contributed by atoms with van der Waals surface area (Å²) in [5.41, 5.74) is 7.46. The fourth-order valence-electron chi connectivity index (χ4n) is 2.26. The van der Waals surface area contributed by atoms with E-state index in [0.29, 0.717) is 34.1 Å². The van der Waals surface area contributed by atoms with E-state index >= 15 is 0 Å². The number of sulfone groups is 1. The molecular formula is C18H21NO5S. The van der Waals surface area contributed by atoms with E-state index in [4.69, 9.17) is 19.9 Å². The van der Waals surface area contributed by atoms with E-state index in [0.717, 1.165) is 0 Å². The van der Waals surface area contributed by atoms with Gasteiger partial charge in [-0.1, -0.05) is 6.07 Å². The Morgan fingerprint density at radius 3 is 2.12 bits per heavy atom. The Balaban J connectivity index is 2.20. The van der Waals surface area contributed by atoms with Gasteiger partial charge < -0.3 is 19.9 Å². The molecule has 2 rings (SSSR count). The van der Waals surface area contributed by atoms with Crippen molar-refractivity contribution in [2.45, 2.75) is 5.75 Å². The first-order chi connectivity index (χ1) is 11.9. The highest BCUT2D eigenvalue weighted by Gasteiger charge is 2.10. The Morgan fingerprint density at radius 1 is 0.960 bits per heavy atom. The maximum absolute atomic E-state index is 12.3. The summed E-state index contributed by atoms with van der Waals surface area (Å²) in [5, 5.41) is 1.17. The zero-order valence-electron chi connectivity index (χ0n) is 14.4. The van der Waals surface area contributed by atoms with Crippen LogP contribution in [0.25, 0.3) is 6.08 Å². The maximum Gasteiger partial charge on any atom is 0.175 e. The second kappa shape index (κ2) is 7.94. The van der Waals surface area contributed by atoms with Crippen LogP contribution in [0.15, 0.2) is 41.8 Å². The molecule has 0 atom stereocenters. The van der Waals surface area contributed by atoms with E-state index in [1.807, 2.05) is 0 Å². The van der Waals surface area contributed by atoms with Crippen molar-refractivity contribution in [3.05, 3.63) is 52.9 Å². The van der Waals surface area contributed by atoms with Gasteiger partial charge in [0.15, 0.2) is 9.84 Å². The molecule has 0 aliphatic heterocycles. The second-order valence-corrected chi connectivity index (χ2v) is 7.22. The van der Waals surface area contributed by atoms with Gasteiger partial charge in [0.1, 0.15) is 17.2 Å². The minimum atomic E-state index is -3.47. The van der Waals surface area contributed by atoms with Crippen molar-refractivity contribution < 1.29 is 22.6 Å². The molecule has 25 heavy (non-hydrogen) atoms. The zero-order chi connectivity index (χ0) is 18.4. The van der Waals surface area contributed by atoms with Crippen molar-refractivity contribution >= 4 is 21.6 Å². The van der Waals surface area contributed by atoms with Crippen LogP contribution in [0.5, 0.6) is 17.2 Å². The molecule has 0 saturated carbocycles. The molecular weight excluding hydrogens is 342 g/mol. The van der Waals surface area contributed by atoms with Crippen LogP contribution in [0.1, 0.15) is 11.1 Å². The van der Waals surface area contributed by atoms with Crippen LogP contribution in [0.2, 0.25) is 0 Å². The van der Waals surface area contributed by atoms with Gasteiger partial charge in [0.05, 0.1) is 32.8 Å². The van der Waals surface area contributed by atoms with Gasteiger partial charge in [-0.25, -0.2) is 8.42 Å². The number of benzene rings is 2. The van der Waals surface area contributed by atoms with E-state index in [1.165, 1.54) is 32.8 Å². The van der Waals surface area contributed by atoms with Crippen LogP contribution in [0.3, 0.4) is 0 Å². The lowest BCUT2D eigenvalue weighted by Gasteiger charge is -2.07. The van der Waals surface area contributed by atoms with Gasteiger partial charge in [-0.2, -0.15) is 0 Å². The van der Waals surface area contributed by atoms with Crippen LogP contribution >= 0.6 is 0 Å². The Kier molecular flexibility index (Phi) is 5.93. The maximum atomic E-state index is 12.3. The van der Waals surface area contributed by atoms with Gasteiger partial charge in [0.2, 0.25) is 0 Å². The fourth-order valence-corrected chi connectivity index (χ4v) is 3.37. The third-order valence-electron chi connectivity index (χ3n) is 3.50. The van der Waals surface area contributed by atoms with Crippen LogP contribution in [0, 0.1) is 0 Å². The molecule has 7 heteroatoms. The summed E-state index contributed by atoms with van der Waals surface area (Å²) in [4.78, 5) is 0. The van der Waals surface area contributed by atoms with Crippen molar-refractivity contribution in [3.63, 3.8) is 0 Å². The van der Waals surface area contributed by atoms with Crippen molar-refractivity contribution in [3.8, 4) is 17.2 Å². The lowest BCUT2D eigenvalue weighted by molar-refractivity contribution is 0.394. The predicted octanol–water partition coefficient (Wildman–Crippen LogP) is 2.88. The largest absolute Gasteiger partial charge is 0.497 e. The molecule has 0 radical (unpaired) electrons. The van der Waals surface area contributed by atoms with Crippen LogP contribution in [-0.4, -0.2) is 29.7 Å². The Bertz CT molecular complexity index is 853. The van der Waals surface area contributed by atoms with Crippen molar-refractivity contribution in [2.75, 3.05) is 27.1 Å². The fraction of sp³-hybridized carbons (Fsp3) is 0.222. The van der Waals surface area contributed by atoms with E-state index in [1.54, 1.807) is 36.4 Å². The summed E-state index contributed by atoms with van der Waals surface area (Å²) < 4.78 is 40.1. The molecule has 0 aromatic heterocycles. The summed E-state index contributed by atoms with van der Waals surface area (Å²) in [6.07, 6.45) is 1.51. The SMILES string of the molecule is COc1cc(/C=C/S(=O)(=O)Cc2ccc(OC)c(N)c2)cc(OC)c1. The van der Waals surface area contributed by atoms with E-state index in [9.17, 15) is 8.42 Å². The lowest BCUT2D eigenvalue weighted by atomic mass is 10.2. The average molecular weight is 363 g/mol. The molecule has 0 heterocycles. The molecule has 0 aliphatic carbocycles. The second-order valence-electron chi connectivity index (χ2n) is 5.33. The molecule has 0 aliphatic rings. The number of hydrogen-bond donors (Lipinski definition) is 1. The molecule has 0 saturated heterocycles. The highest BCUT2D eigenvalue weighted by molar-refractivity contribution is 7.93. The Hall–Kier alpha value is -2.67. The van der Waals surface area contributed by atoms with Gasteiger partial charge >= 0.3 is 0 Å². The van der Waals surface area contributed by atoms with Gasteiger partial charge in [-0.05, 0) is 41.5 Å². The standard InChI is InChI=1S/C18H21NO5S/c1-22-15-8-13(9-16(11-15)23-2)6-7-25(20,21)12-14-4-5-18(24-3)17(19)10-14/h4-11H,12,19H2,1-3H3/b7-6+. The molecule has 0 unspecified atom stereocenters. The highest BCUT2D eigenvalue weighted by Crippen LogP contribution is 2.25. The third-order valence-corrected chi connectivity index (χ3v) is 4.79. The summed E-state index contributed by atoms with van der Waals surface area (Å²) in [7, 11) is 1.11. The van der Waals surface area contributed by atoms with Crippen LogP contribution < -0.4 is 19.9 Å². The number of anilines is 1. The van der Waals surface area contributed by atoms with E-state index < -0.39 is 9.84 Å². The number of hydrogen-bond acceptors (Lipinski definition) is 6. The highest BCUT2D eigenvalue weighted by atomic mass is 32.2. The average Bonchev–Trinajstić information content (AvgIpc) is 2.59. The summed E-state index contributed by atoms with van der Waals surface area (Å²) in [6.45, 7) is 0. The minimum absolute atomic E-state index is 0.154. The first kappa shape index (κ1) is 18.7. The number of nitrogen functional groups attached to an aromatic ring is 1. The Morgan fingerprint density at radius 2 is 1.60 bits per heavy atom. The van der Waals surface area contributed by atoms with Crippen LogP contribution in [-0.2, 0) is 15.6 Å². The topological polar surface area (TPSA) is 87.9 Å². The molecule has 2 aromatic carbocycles. The van der Waals surface area contributed by atoms with E-state index in [-0.39, 0.29) is 5.75 Å². The molecule has 0 fully saturated rings. The molecule has 0 spiro atoms. The lowest BCUT2D eigenvalue weighted by Crippen LogP contribution is -2.01. The first-order valence-electron chi connectivity index (χ1n) is 7.43. The minimum Gasteiger partial charge on any atom is -0.497 e. The van der Waals surface area contributed by atoms with Gasteiger partial charge in [0, 0.05) is 11.5 Å². The van der Waals surface area contributed by atoms with Crippen molar-refractivity contribution in [2.24, 2.45) is 0 Å². The Labute approximate surface area is 147 Å². The number of rotatable bonds is 7. The quantitative estimate of drug-likeness (QED) is 0.761. The summed E-state index contributed by atoms with van der Waals surface area (Å²) >= 11 is 0. The molecule has 2 N–H and O–H groups in total. The van der Waals surface area contributed by atoms with Crippen molar-refractivity contribution in [1.82, 2.24) is 0 Å². The predicted molar refractivity (Wildman–Crippen MR) is 98.6 cm³/mol. The van der Waals surface area contributed by atoms with Gasteiger partial charge in [-0.3, -0.25) is 0 Å². The number of ether oxygens (including phenoxy) is 3. The summed E-state index contributed by atoms with van der Waals surface area (Å²) in [5.74, 6) is 1.53. The monoisotopic (exact) mass is 363 g/mol. The number of methoxy groups -OCH3 is 3. The van der Waals surface area contributed by atoms with Crippen molar-refractivity contribution in [1.29, 1.82) is 0 Å². The van der Waals surface area contributed by atoms with Gasteiger partial charge in [0.25, 0.3) is 0 Å². The molecule has 6 nitrogen and oxygen atoms in total. The zero-order valence-corrected chi connectivity index (χ0v) is 15.2. The smallest absolute Gasteiger partial charge is 0.175 e. The number of nitrogens with two attached hydrogens (primary N) is 1. The van der Waals surface area contributed by atoms with Crippen LogP contribution in [0.4, 0.5) is 5.69 Å². The first-order valence-corrected chi connectivity index (χ1v) is 9.14. The van der Waals surface area contributed by atoms with Gasteiger partial charge in [-0.15, -0.1) is 0 Å². The molecule has 0 amide bonds.